The molecule has 1 fully saturated rings. The second-order valence-corrected chi connectivity index (χ2v) is 4.85. The molecule has 0 radical (unpaired) electrons. The number of rotatable bonds is 3. The first kappa shape index (κ1) is 14.4. The van der Waals surface area contributed by atoms with E-state index >= 15 is 0 Å². The van der Waals surface area contributed by atoms with E-state index in [0.29, 0.717) is 0 Å². The maximum Gasteiger partial charge on any atom is 0.472 e. The standard InChI is InChI=1S/C6H13O8PS/c7-3-2(1-16)13-6(5(9)4(3)8)14-15(10,11)12/h2-9,16H,1H2,(H2,10,11,12)/t2-,3-,4+,5-,6-/m1/s1. The molecule has 0 bridgehead atoms. The van der Waals surface area contributed by atoms with Gasteiger partial charge in [0.2, 0.25) is 0 Å². The van der Waals surface area contributed by atoms with Crippen LogP contribution in [0.15, 0.2) is 0 Å². The van der Waals surface area contributed by atoms with Gasteiger partial charge in [0, 0.05) is 5.75 Å². The Morgan fingerprint density at radius 1 is 1.19 bits per heavy atom. The Kier molecular flexibility index (Phi) is 4.76. The predicted octanol–water partition coefficient (Wildman–Crippen LogP) is -2.17. The molecular formula is C6H13O8PS. The molecule has 10 heteroatoms. The van der Waals surface area contributed by atoms with Gasteiger partial charge in [-0.2, -0.15) is 12.6 Å². The molecule has 5 atom stereocenters. The van der Waals surface area contributed by atoms with Crippen LogP contribution in [0.25, 0.3) is 0 Å². The van der Waals surface area contributed by atoms with Gasteiger partial charge in [0.1, 0.15) is 18.3 Å². The summed E-state index contributed by atoms with van der Waals surface area (Å²) in [6.07, 6.45) is -7.47. The van der Waals surface area contributed by atoms with Crippen molar-refractivity contribution in [3.05, 3.63) is 0 Å². The molecule has 0 aromatic heterocycles. The smallest absolute Gasteiger partial charge is 0.388 e. The molecule has 16 heavy (non-hydrogen) atoms. The van der Waals surface area contributed by atoms with Crippen LogP contribution in [0.5, 0.6) is 0 Å². The molecule has 1 aliphatic heterocycles. The Hall–Kier alpha value is 0.300. The van der Waals surface area contributed by atoms with Gasteiger partial charge in [-0.15, -0.1) is 0 Å². The largest absolute Gasteiger partial charge is 0.472 e. The van der Waals surface area contributed by atoms with E-state index in [4.69, 9.17) is 14.5 Å². The van der Waals surface area contributed by atoms with E-state index in [0.717, 1.165) is 0 Å². The minimum Gasteiger partial charge on any atom is -0.388 e. The summed E-state index contributed by atoms with van der Waals surface area (Å²) in [4.78, 5) is 17.1. The van der Waals surface area contributed by atoms with Gasteiger partial charge in [0.15, 0.2) is 6.29 Å². The summed E-state index contributed by atoms with van der Waals surface area (Å²) in [7, 11) is -4.86. The topological polar surface area (TPSA) is 137 Å². The minimum atomic E-state index is -4.86. The first-order chi connectivity index (χ1) is 7.26. The highest BCUT2D eigenvalue weighted by Crippen LogP contribution is 2.40. The monoisotopic (exact) mass is 276 g/mol. The number of aliphatic hydroxyl groups is 3. The van der Waals surface area contributed by atoms with Crippen molar-refractivity contribution in [3.63, 3.8) is 0 Å². The Bertz CT molecular complexity index is 280. The highest BCUT2D eigenvalue weighted by molar-refractivity contribution is 7.80. The van der Waals surface area contributed by atoms with Gasteiger partial charge in [0.25, 0.3) is 0 Å². The van der Waals surface area contributed by atoms with Crippen molar-refractivity contribution in [2.45, 2.75) is 30.7 Å². The van der Waals surface area contributed by atoms with Crippen molar-refractivity contribution < 1.29 is 38.9 Å². The van der Waals surface area contributed by atoms with Crippen LogP contribution in [-0.2, 0) is 13.8 Å². The van der Waals surface area contributed by atoms with Crippen LogP contribution in [0, 0.1) is 0 Å². The zero-order valence-electron chi connectivity index (χ0n) is 7.95. The van der Waals surface area contributed by atoms with Gasteiger partial charge in [-0.1, -0.05) is 0 Å². The SMILES string of the molecule is O=P(O)(O)O[C@H]1O[C@H](CS)[C@@H](O)[C@H](O)[C@H]1O. The molecule has 1 saturated heterocycles. The van der Waals surface area contributed by atoms with Crippen LogP contribution in [0.1, 0.15) is 0 Å². The Labute approximate surface area is 96.5 Å². The molecule has 1 rings (SSSR count). The lowest BCUT2D eigenvalue weighted by Crippen LogP contribution is -2.58. The van der Waals surface area contributed by atoms with Gasteiger partial charge in [0.05, 0.1) is 6.10 Å². The third-order valence-electron chi connectivity index (χ3n) is 2.09. The molecule has 0 aromatic carbocycles. The second kappa shape index (κ2) is 5.30. The van der Waals surface area contributed by atoms with Crippen molar-refractivity contribution >= 4 is 20.5 Å². The first-order valence-corrected chi connectivity index (χ1v) is 6.47. The van der Waals surface area contributed by atoms with E-state index < -0.39 is 38.5 Å². The summed E-state index contributed by atoms with van der Waals surface area (Å²) in [5, 5.41) is 28.1. The van der Waals surface area contributed by atoms with E-state index in [1.54, 1.807) is 0 Å². The molecule has 0 aromatic rings. The van der Waals surface area contributed by atoms with E-state index in [1.807, 2.05) is 0 Å². The minimum absolute atomic E-state index is 0.00797. The molecular weight excluding hydrogens is 263 g/mol. The van der Waals surface area contributed by atoms with Crippen LogP contribution < -0.4 is 0 Å². The van der Waals surface area contributed by atoms with E-state index in [1.165, 1.54) is 0 Å². The molecule has 5 N–H and O–H groups in total. The maximum absolute atomic E-state index is 10.5. The lowest BCUT2D eigenvalue weighted by atomic mass is 10.0. The summed E-state index contributed by atoms with van der Waals surface area (Å²) >= 11 is 3.82. The number of aliphatic hydroxyl groups excluding tert-OH is 3. The Morgan fingerprint density at radius 2 is 1.75 bits per heavy atom. The van der Waals surface area contributed by atoms with Gasteiger partial charge in [-0.05, 0) is 0 Å². The normalized spacial score (nSPS) is 41.0. The second-order valence-electron chi connectivity index (χ2n) is 3.29. The fraction of sp³-hybridized carbons (Fsp3) is 1.00. The summed E-state index contributed by atoms with van der Waals surface area (Å²) in [6, 6.07) is 0. The lowest BCUT2D eigenvalue weighted by molar-refractivity contribution is -0.270. The molecule has 0 spiro atoms. The van der Waals surface area contributed by atoms with Crippen molar-refractivity contribution in [2.24, 2.45) is 0 Å². The molecule has 0 amide bonds. The van der Waals surface area contributed by atoms with E-state index in [9.17, 15) is 19.9 Å². The first-order valence-electron chi connectivity index (χ1n) is 4.30. The number of phosphoric ester groups is 1. The molecule has 1 aliphatic rings. The number of thiol groups is 1. The van der Waals surface area contributed by atoms with Gasteiger partial charge in [-0.25, -0.2) is 4.57 Å². The van der Waals surface area contributed by atoms with E-state index in [2.05, 4.69) is 17.2 Å². The number of ether oxygens (including phenoxy) is 1. The highest BCUT2D eigenvalue weighted by Gasteiger charge is 2.45. The summed E-state index contributed by atoms with van der Waals surface area (Å²) in [5.74, 6) is -0.00797. The van der Waals surface area contributed by atoms with Crippen molar-refractivity contribution in [1.82, 2.24) is 0 Å². The number of hydrogen-bond donors (Lipinski definition) is 6. The molecule has 96 valence electrons. The average molecular weight is 276 g/mol. The van der Waals surface area contributed by atoms with Crippen molar-refractivity contribution in [2.75, 3.05) is 5.75 Å². The fourth-order valence-corrected chi connectivity index (χ4v) is 2.04. The third kappa shape index (κ3) is 3.39. The number of hydrogen-bond acceptors (Lipinski definition) is 7. The van der Waals surface area contributed by atoms with Crippen LogP contribution >= 0.6 is 20.5 Å². The number of phosphoric acid groups is 1. The zero-order chi connectivity index (χ0) is 12.5. The molecule has 0 aliphatic carbocycles. The highest BCUT2D eigenvalue weighted by atomic mass is 32.1. The molecule has 8 nitrogen and oxygen atoms in total. The Morgan fingerprint density at radius 3 is 2.19 bits per heavy atom. The lowest BCUT2D eigenvalue weighted by Gasteiger charge is -2.39. The van der Waals surface area contributed by atoms with Crippen LogP contribution in [0.3, 0.4) is 0 Å². The van der Waals surface area contributed by atoms with Crippen LogP contribution in [-0.4, -0.2) is 61.6 Å². The van der Waals surface area contributed by atoms with Crippen molar-refractivity contribution in [1.29, 1.82) is 0 Å². The summed E-state index contributed by atoms with van der Waals surface area (Å²) in [5.41, 5.74) is 0. The van der Waals surface area contributed by atoms with Crippen LogP contribution in [0.4, 0.5) is 0 Å². The van der Waals surface area contributed by atoms with Gasteiger partial charge < -0.3 is 29.8 Å². The van der Waals surface area contributed by atoms with E-state index in [-0.39, 0.29) is 5.75 Å². The quantitative estimate of drug-likeness (QED) is 0.253. The Balaban J connectivity index is 2.75. The molecule has 0 unspecified atom stereocenters. The maximum atomic E-state index is 10.5. The summed E-state index contributed by atoms with van der Waals surface area (Å²) < 4.78 is 19.5. The third-order valence-corrected chi connectivity index (χ3v) is 2.93. The molecule has 1 heterocycles. The van der Waals surface area contributed by atoms with Gasteiger partial charge in [-0.3, -0.25) is 4.52 Å². The average Bonchev–Trinajstić information content (AvgIpc) is 2.17. The van der Waals surface area contributed by atoms with Crippen LogP contribution in [0.2, 0.25) is 0 Å². The summed E-state index contributed by atoms with van der Waals surface area (Å²) in [6.45, 7) is 0. The molecule has 0 saturated carbocycles. The van der Waals surface area contributed by atoms with Gasteiger partial charge >= 0.3 is 7.82 Å². The fourth-order valence-electron chi connectivity index (χ4n) is 1.29. The zero-order valence-corrected chi connectivity index (χ0v) is 9.74. The predicted molar refractivity (Wildman–Crippen MR) is 53.7 cm³/mol. The van der Waals surface area contributed by atoms with Crippen molar-refractivity contribution in [3.8, 4) is 0 Å².